The van der Waals surface area contributed by atoms with Crippen molar-refractivity contribution in [1.82, 2.24) is 0 Å². The van der Waals surface area contributed by atoms with Gasteiger partial charge in [0.2, 0.25) is 0 Å². The van der Waals surface area contributed by atoms with Gasteiger partial charge in [-0.25, -0.2) is 0 Å². The Labute approximate surface area is 96.2 Å². The van der Waals surface area contributed by atoms with Crippen molar-refractivity contribution in [3.63, 3.8) is 0 Å². The minimum atomic E-state index is 0.159. The minimum absolute atomic E-state index is 0.159. The van der Waals surface area contributed by atoms with Crippen LogP contribution in [0.3, 0.4) is 0 Å². The molecular formula is C12H19NOS. The van der Waals surface area contributed by atoms with Crippen LogP contribution < -0.4 is 10.5 Å². The average molecular weight is 225 g/mol. The van der Waals surface area contributed by atoms with Gasteiger partial charge in [0.15, 0.2) is 0 Å². The fourth-order valence-electron chi connectivity index (χ4n) is 1.72. The maximum atomic E-state index is 5.86. The molecule has 2 N–H and O–H groups in total. The summed E-state index contributed by atoms with van der Waals surface area (Å²) in [6, 6.07) is 4.39. The molecule has 2 nitrogen and oxygen atoms in total. The third-order valence-corrected chi connectivity index (χ3v) is 3.19. The third kappa shape index (κ3) is 2.89. The molecule has 1 unspecified atom stereocenters. The molecule has 3 heteroatoms. The fraction of sp³-hybridized carbons (Fsp3) is 0.500. The number of rotatable bonds is 4. The lowest BCUT2D eigenvalue weighted by Crippen LogP contribution is -2.19. The second-order valence-corrected chi connectivity index (χ2v) is 4.63. The van der Waals surface area contributed by atoms with E-state index in [9.17, 15) is 0 Å². The minimum Gasteiger partial charge on any atom is -0.496 e. The Hall–Kier alpha value is -0.670. The van der Waals surface area contributed by atoms with E-state index in [1.165, 1.54) is 16.0 Å². The van der Waals surface area contributed by atoms with Crippen LogP contribution >= 0.6 is 11.8 Å². The first kappa shape index (κ1) is 12.4. The third-order valence-electron chi connectivity index (χ3n) is 2.36. The summed E-state index contributed by atoms with van der Waals surface area (Å²) in [5.74, 6) is 0.985. The maximum Gasteiger partial charge on any atom is 0.126 e. The second kappa shape index (κ2) is 5.42. The first-order valence-corrected chi connectivity index (χ1v) is 6.28. The highest BCUT2D eigenvalue weighted by Crippen LogP contribution is 2.32. The van der Waals surface area contributed by atoms with Crippen LogP contribution in [0, 0.1) is 6.92 Å². The fourth-order valence-corrected chi connectivity index (χ4v) is 2.34. The van der Waals surface area contributed by atoms with Crippen molar-refractivity contribution in [1.29, 1.82) is 0 Å². The molecule has 0 amide bonds. The van der Waals surface area contributed by atoms with E-state index >= 15 is 0 Å². The molecule has 0 saturated carbocycles. The predicted molar refractivity (Wildman–Crippen MR) is 66.9 cm³/mol. The maximum absolute atomic E-state index is 5.86. The molecule has 0 aliphatic rings. The SMILES string of the molecule is COc1c(C)ccc(SC)c1CC(C)N. The first-order chi connectivity index (χ1) is 7.10. The van der Waals surface area contributed by atoms with Crippen LogP contribution in [0.2, 0.25) is 0 Å². The predicted octanol–water partition coefficient (Wildman–Crippen LogP) is 2.62. The quantitative estimate of drug-likeness (QED) is 0.800. The summed E-state index contributed by atoms with van der Waals surface area (Å²) in [5, 5.41) is 0. The van der Waals surface area contributed by atoms with Gasteiger partial charge in [0.05, 0.1) is 7.11 Å². The van der Waals surface area contributed by atoms with E-state index in [-0.39, 0.29) is 6.04 Å². The average Bonchev–Trinajstić information content (AvgIpc) is 2.18. The van der Waals surface area contributed by atoms with Crippen molar-refractivity contribution in [3.8, 4) is 5.75 Å². The molecule has 1 aromatic rings. The number of aryl methyl sites for hydroxylation is 1. The Bertz CT molecular complexity index is 337. The van der Waals surface area contributed by atoms with Crippen LogP contribution in [0.25, 0.3) is 0 Å². The van der Waals surface area contributed by atoms with Crippen molar-refractivity contribution in [2.75, 3.05) is 13.4 Å². The number of hydrogen-bond acceptors (Lipinski definition) is 3. The Kier molecular flexibility index (Phi) is 4.48. The summed E-state index contributed by atoms with van der Waals surface area (Å²) >= 11 is 1.74. The van der Waals surface area contributed by atoms with Gasteiger partial charge in [-0.05, 0) is 38.2 Å². The molecule has 0 aliphatic heterocycles. The smallest absolute Gasteiger partial charge is 0.126 e. The van der Waals surface area contributed by atoms with E-state index in [4.69, 9.17) is 10.5 Å². The van der Waals surface area contributed by atoms with Crippen LogP contribution in [-0.4, -0.2) is 19.4 Å². The molecule has 0 fully saturated rings. The lowest BCUT2D eigenvalue weighted by Gasteiger charge is -2.16. The van der Waals surface area contributed by atoms with Gasteiger partial charge in [-0.15, -0.1) is 11.8 Å². The summed E-state index contributed by atoms with van der Waals surface area (Å²) in [5.41, 5.74) is 8.27. The van der Waals surface area contributed by atoms with E-state index in [1.54, 1.807) is 18.9 Å². The van der Waals surface area contributed by atoms with E-state index in [2.05, 4.69) is 25.3 Å². The van der Waals surface area contributed by atoms with E-state index in [0.717, 1.165) is 12.2 Å². The Balaban J connectivity index is 3.21. The van der Waals surface area contributed by atoms with Crippen LogP contribution in [0.1, 0.15) is 18.1 Å². The zero-order valence-corrected chi connectivity index (χ0v) is 10.6. The second-order valence-electron chi connectivity index (χ2n) is 3.78. The molecule has 0 heterocycles. The summed E-state index contributed by atoms with van der Waals surface area (Å²) in [4.78, 5) is 1.26. The summed E-state index contributed by atoms with van der Waals surface area (Å²) in [6.45, 7) is 4.08. The zero-order chi connectivity index (χ0) is 11.4. The van der Waals surface area contributed by atoms with Crippen molar-refractivity contribution in [2.45, 2.75) is 31.2 Å². The number of methoxy groups -OCH3 is 1. The number of thioether (sulfide) groups is 1. The van der Waals surface area contributed by atoms with Gasteiger partial charge < -0.3 is 10.5 Å². The van der Waals surface area contributed by atoms with Crippen molar-refractivity contribution in [3.05, 3.63) is 23.3 Å². The number of hydrogen-bond donors (Lipinski definition) is 1. The topological polar surface area (TPSA) is 35.2 Å². The monoisotopic (exact) mass is 225 g/mol. The zero-order valence-electron chi connectivity index (χ0n) is 9.83. The number of nitrogens with two attached hydrogens (primary N) is 1. The van der Waals surface area contributed by atoms with Crippen LogP contribution in [0.5, 0.6) is 5.75 Å². The Morgan fingerprint density at radius 3 is 2.60 bits per heavy atom. The molecule has 0 aromatic heterocycles. The van der Waals surface area contributed by atoms with Crippen molar-refractivity contribution < 1.29 is 4.74 Å². The molecule has 0 spiro atoms. The number of ether oxygens (including phenoxy) is 1. The van der Waals surface area contributed by atoms with Gasteiger partial charge >= 0.3 is 0 Å². The summed E-state index contributed by atoms with van der Waals surface area (Å²) < 4.78 is 5.45. The number of benzene rings is 1. The molecule has 1 rings (SSSR count). The van der Waals surface area contributed by atoms with Crippen LogP contribution in [-0.2, 0) is 6.42 Å². The molecule has 0 radical (unpaired) electrons. The van der Waals surface area contributed by atoms with Crippen molar-refractivity contribution in [2.24, 2.45) is 5.73 Å². The lowest BCUT2D eigenvalue weighted by molar-refractivity contribution is 0.403. The van der Waals surface area contributed by atoms with Crippen molar-refractivity contribution >= 4 is 11.8 Å². The van der Waals surface area contributed by atoms with Gasteiger partial charge in [0, 0.05) is 16.5 Å². The molecule has 0 saturated heterocycles. The highest BCUT2D eigenvalue weighted by molar-refractivity contribution is 7.98. The summed E-state index contributed by atoms with van der Waals surface area (Å²) in [7, 11) is 1.72. The molecule has 84 valence electrons. The summed E-state index contributed by atoms with van der Waals surface area (Å²) in [6.07, 6.45) is 2.94. The standard InChI is InChI=1S/C12H19NOS/c1-8-5-6-11(15-4)10(7-9(2)13)12(8)14-3/h5-6,9H,7,13H2,1-4H3. The molecule has 15 heavy (non-hydrogen) atoms. The molecule has 0 bridgehead atoms. The molecular weight excluding hydrogens is 206 g/mol. The normalized spacial score (nSPS) is 12.6. The van der Waals surface area contributed by atoms with Gasteiger partial charge in [-0.2, -0.15) is 0 Å². The van der Waals surface area contributed by atoms with E-state index < -0.39 is 0 Å². The lowest BCUT2D eigenvalue weighted by atomic mass is 10.0. The Morgan fingerprint density at radius 2 is 2.13 bits per heavy atom. The highest BCUT2D eigenvalue weighted by Gasteiger charge is 2.12. The van der Waals surface area contributed by atoms with Gasteiger partial charge in [0.25, 0.3) is 0 Å². The molecule has 1 atom stereocenters. The van der Waals surface area contributed by atoms with Crippen LogP contribution in [0.15, 0.2) is 17.0 Å². The molecule has 1 aromatic carbocycles. The first-order valence-electron chi connectivity index (χ1n) is 5.06. The van der Waals surface area contributed by atoms with Crippen LogP contribution in [0.4, 0.5) is 0 Å². The van der Waals surface area contributed by atoms with E-state index in [1.807, 2.05) is 6.92 Å². The molecule has 0 aliphatic carbocycles. The van der Waals surface area contributed by atoms with Gasteiger partial charge in [0.1, 0.15) is 5.75 Å². The largest absolute Gasteiger partial charge is 0.496 e. The van der Waals surface area contributed by atoms with E-state index in [0.29, 0.717) is 0 Å². The highest BCUT2D eigenvalue weighted by atomic mass is 32.2. The Morgan fingerprint density at radius 1 is 1.47 bits per heavy atom. The van der Waals surface area contributed by atoms with Gasteiger partial charge in [-0.1, -0.05) is 6.07 Å². The van der Waals surface area contributed by atoms with Gasteiger partial charge in [-0.3, -0.25) is 0 Å².